The number of carbonyl (C=O) groups excluding carboxylic acids is 1. The number of rotatable bonds is 5. The maximum Gasteiger partial charge on any atom is 0.337 e. The molecule has 1 aromatic heterocycles. The fourth-order valence-electron chi connectivity index (χ4n) is 3.22. The summed E-state index contributed by atoms with van der Waals surface area (Å²) in [5.41, 5.74) is -0.289. The summed E-state index contributed by atoms with van der Waals surface area (Å²) in [6, 6.07) is -0.00921. The van der Waals surface area contributed by atoms with Gasteiger partial charge in [0, 0.05) is 5.56 Å². The number of carbonyl (C=O) groups is 1. The number of benzene rings is 1. The lowest BCUT2D eigenvalue weighted by atomic mass is 9.90. The summed E-state index contributed by atoms with van der Waals surface area (Å²) < 4.78 is 50.7. The van der Waals surface area contributed by atoms with Gasteiger partial charge in [0.05, 0.1) is 19.9 Å². The van der Waals surface area contributed by atoms with Gasteiger partial charge < -0.3 is 29.9 Å². The van der Waals surface area contributed by atoms with Crippen molar-refractivity contribution in [3.63, 3.8) is 0 Å². The van der Waals surface area contributed by atoms with Crippen LogP contribution in [0.25, 0.3) is 11.3 Å². The zero-order chi connectivity index (χ0) is 22.2. The molecular weight excluding hydrogens is 415 g/mol. The minimum Gasteiger partial charge on any atom is -0.467 e. The zero-order valence-corrected chi connectivity index (χ0v) is 15.4. The molecule has 30 heavy (non-hydrogen) atoms. The molecule has 6 atom stereocenters. The SMILES string of the molecule is COC(=O)[C@@H](O)[C@@H]1OC(CO)[C@H](O)C(n2cc(-c3cc(F)c(F)c(F)c3)nn2)C1O. The van der Waals surface area contributed by atoms with Crippen molar-refractivity contribution in [3.8, 4) is 11.3 Å². The maximum absolute atomic E-state index is 13.5. The van der Waals surface area contributed by atoms with E-state index in [-0.39, 0.29) is 11.3 Å². The Morgan fingerprint density at radius 3 is 2.47 bits per heavy atom. The van der Waals surface area contributed by atoms with E-state index < -0.39 is 66.6 Å². The van der Waals surface area contributed by atoms with Crippen molar-refractivity contribution >= 4 is 5.97 Å². The van der Waals surface area contributed by atoms with Gasteiger partial charge in [-0.25, -0.2) is 22.6 Å². The number of hydrogen-bond acceptors (Lipinski definition) is 9. The van der Waals surface area contributed by atoms with E-state index in [0.29, 0.717) is 12.1 Å². The molecule has 0 aliphatic carbocycles. The lowest BCUT2D eigenvalue weighted by Crippen LogP contribution is -2.60. The summed E-state index contributed by atoms with van der Waals surface area (Å²) >= 11 is 0. The summed E-state index contributed by atoms with van der Waals surface area (Å²) in [5.74, 6) is -5.69. The van der Waals surface area contributed by atoms with E-state index >= 15 is 0 Å². The smallest absolute Gasteiger partial charge is 0.337 e. The number of aliphatic hydroxyl groups is 4. The van der Waals surface area contributed by atoms with Crippen molar-refractivity contribution in [2.45, 2.75) is 36.6 Å². The second-order valence-corrected chi connectivity index (χ2v) is 6.60. The molecule has 164 valence electrons. The number of methoxy groups -OCH3 is 1. The standard InChI is InChI=1S/C17H18F3N3O7/c1-29-17(28)15(27)16-14(26)12(13(25)10(5-24)30-16)23-4-9(21-22-23)6-2-7(18)11(20)8(19)3-6/h2-4,10,12-16,24-27H,5H2,1H3/t10?,12?,13-,14?,15-,16+/m0/s1. The summed E-state index contributed by atoms with van der Waals surface area (Å²) in [7, 11) is 1.00. The number of ether oxygens (including phenoxy) is 2. The molecule has 1 saturated heterocycles. The van der Waals surface area contributed by atoms with E-state index in [1.165, 1.54) is 0 Å². The van der Waals surface area contributed by atoms with E-state index in [4.69, 9.17) is 4.74 Å². The van der Waals surface area contributed by atoms with E-state index in [9.17, 15) is 38.4 Å². The molecule has 0 saturated carbocycles. The summed E-state index contributed by atoms with van der Waals surface area (Å²) in [6.45, 7) is -0.731. The molecule has 13 heteroatoms. The van der Waals surface area contributed by atoms with Crippen LogP contribution < -0.4 is 0 Å². The van der Waals surface area contributed by atoms with Crippen LogP contribution in [0.15, 0.2) is 18.3 Å². The molecule has 10 nitrogen and oxygen atoms in total. The van der Waals surface area contributed by atoms with Crippen LogP contribution >= 0.6 is 0 Å². The van der Waals surface area contributed by atoms with Crippen LogP contribution in [0.1, 0.15) is 6.04 Å². The Bertz CT molecular complexity index is 905. The van der Waals surface area contributed by atoms with Gasteiger partial charge in [-0.05, 0) is 12.1 Å². The molecule has 3 unspecified atom stereocenters. The molecule has 0 bridgehead atoms. The van der Waals surface area contributed by atoms with Gasteiger partial charge in [0.25, 0.3) is 0 Å². The second kappa shape index (κ2) is 8.65. The van der Waals surface area contributed by atoms with Crippen molar-refractivity contribution in [2.24, 2.45) is 0 Å². The predicted octanol–water partition coefficient (Wildman–Crippen LogP) is -1.08. The fourth-order valence-corrected chi connectivity index (χ4v) is 3.22. The van der Waals surface area contributed by atoms with Crippen LogP contribution in [0, 0.1) is 17.5 Å². The first-order valence-electron chi connectivity index (χ1n) is 8.64. The molecule has 3 rings (SSSR count). The first-order valence-corrected chi connectivity index (χ1v) is 8.64. The first kappa shape index (κ1) is 22.1. The first-order chi connectivity index (χ1) is 14.2. The lowest BCUT2D eigenvalue weighted by molar-refractivity contribution is -0.232. The Kier molecular flexibility index (Phi) is 6.38. The highest BCUT2D eigenvalue weighted by atomic mass is 19.2. The molecule has 1 aliphatic heterocycles. The van der Waals surface area contributed by atoms with Crippen LogP contribution in [0.3, 0.4) is 0 Å². The van der Waals surface area contributed by atoms with E-state index in [0.717, 1.165) is 18.0 Å². The Hall–Kier alpha value is -2.58. The normalized spacial score (nSPS) is 27.7. The van der Waals surface area contributed by atoms with Crippen molar-refractivity contribution in [2.75, 3.05) is 13.7 Å². The average Bonchev–Trinajstić information content (AvgIpc) is 3.20. The van der Waals surface area contributed by atoms with Gasteiger partial charge in [-0.3, -0.25) is 0 Å². The zero-order valence-electron chi connectivity index (χ0n) is 15.4. The van der Waals surface area contributed by atoms with E-state index in [1.54, 1.807) is 0 Å². The molecule has 1 aliphatic rings. The van der Waals surface area contributed by atoms with Gasteiger partial charge in [0.1, 0.15) is 36.2 Å². The summed E-state index contributed by atoms with van der Waals surface area (Å²) in [6.07, 6.45) is -7.06. The molecule has 0 amide bonds. The highest BCUT2D eigenvalue weighted by molar-refractivity contribution is 5.75. The Balaban J connectivity index is 1.96. The van der Waals surface area contributed by atoms with Crippen molar-refractivity contribution in [1.29, 1.82) is 0 Å². The summed E-state index contributed by atoms with van der Waals surface area (Å²) in [4.78, 5) is 11.6. The Morgan fingerprint density at radius 1 is 1.27 bits per heavy atom. The highest BCUT2D eigenvalue weighted by Gasteiger charge is 2.50. The third-order valence-electron chi connectivity index (χ3n) is 4.78. The number of nitrogens with zero attached hydrogens (tertiary/aromatic N) is 3. The Morgan fingerprint density at radius 2 is 1.90 bits per heavy atom. The minimum absolute atomic E-state index is 0.121. The molecule has 0 spiro atoms. The van der Waals surface area contributed by atoms with Gasteiger partial charge in [0.2, 0.25) is 0 Å². The molecule has 0 radical (unpaired) electrons. The van der Waals surface area contributed by atoms with Crippen LogP contribution in [-0.4, -0.2) is 85.6 Å². The molecular formula is C17H18F3N3O7. The van der Waals surface area contributed by atoms with Gasteiger partial charge in [-0.1, -0.05) is 5.21 Å². The number of esters is 1. The number of aromatic nitrogens is 3. The average molecular weight is 433 g/mol. The van der Waals surface area contributed by atoms with Crippen LogP contribution in [-0.2, 0) is 14.3 Å². The third kappa shape index (κ3) is 3.89. The molecule has 2 aromatic rings. The lowest BCUT2D eigenvalue weighted by Gasteiger charge is -2.43. The maximum atomic E-state index is 13.5. The molecule has 1 aromatic carbocycles. The van der Waals surface area contributed by atoms with Crippen LogP contribution in [0.4, 0.5) is 13.2 Å². The van der Waals surface area contributed by atoms with Gasteiger partial charge in [-0.15, -0.1) is 5.10 Å². The molecule has 2 heterocycles. The highest BCUT2D eigenvalue weighted by Crippen LogP contribution is 2.32. The van der Waals surface area contributed by atoms with Gasteiger partial charge in [0.15, 0.2) is 23.6 Å². The van der Waals surface area contributed by atoms with Crippen molar-refractivity contribution < 1.29 is 47.9 Å². The van der Waals surface area contributed by atoms with E-state index in [2.05, 4.69) is 15.0 Å². The van der Waals surface area contributed by atoms with Gasteiger partial charge >= 0.3 is 5.97 Å². The van der Waals surface area contributed by atoms with Crippen LogP contribution in [0.2, 0.25) is 0 Å². The number of halogens is 3. The molecule has 1 fully saturated rings. The van der Waals surface area contributed by atoms with Crippen molar-refractivity contribution in [1.82, 2.24) is 15.0 Å². The van der Waals surface area contributed by atoms with Gasteiger partial charge in [-0.2, -0.15) is 0 Å². The monoisotopic (exact) mass is 433 g/mol. The fraction of sp³-hybridized carbons (Fsp3) is 0.471. The second-order valence-electron chi connectivity index (χ2n) is 6.60. The van der Waals surface area contributed by atoms with E-state index in [1.807, 2.05) is 0 Å². The Labute approximate surface area is 167 Å². The van der Waals surface area contributed by atoms with Crippen LogP contribution in [0.5, 0.6) is 0 Å². The largest absolute Gasteiger partial charge is 0.467 e. The van der Waals surface area contributed by atoms with Crippen molar-refractivity contribution in [3.05, 3.63) is 35.8 Å². The minimum atomic E-state index is -1.95. The quantitative estimate of drug-likeness (QED) is 0.341. The molecule has 4 N–H and O–H groups in total. The topological polar surface area (TPSA) is 147 Å². The summed E-state index contributed by atoms with van der Waals surface area (Å²) in [5, 5.41) is 47.9. The predicted molar refractivity (Wildman–Crippen MR) is 90.2 cm³/mol. The number of aliphatic hydroxyl groups excluding tert-OH is 4. The third-order valence-corrected chi connectivity index (χ3v) is 4.78. The number of hydrogen-bond donors (Lipinski definition) is 4.